The lowest BCUT2D eigenvalue weighted by Crippen LogP contribution is -2.35. The molecule has 0 aliphatic carbocycles. The SMILES string of the molecule is CC1CCCN1C(=O)CCCN1C(=O)c2ccccc2C1=O. The Morgan fingerprint density at radius 3 is 2.36 bits per heavy atom. The van der Waals surface area contributed by atoms with Gasteiger partial charge in [-0.05, 0) is 38.3 Å². The van der Waals surface area contributed by atoms with Crippen LogP contribution in [0.15, 0.2) is 24.3 Å². The van der Waals surface area contributed by atoms with Gasteiger partial charge in [0.1, 0.15) is 0 Å². The Morgan fingerprint density at radius 2 is 1.82 bits per heavy atom. The Labute approximate surface area is 129 Å². The van der Waals surface area contributed by atoms with Crippen molar-refractivity contribution < 1.29 is 14.4 Å². The maximum atomic E-state index is 12.2. The number of fused-ring (bicyclic) bond motifs is 1. The van der Waals surface area contributed by atoms with E-state index in [1.165, 1.54) is 4.90 Å². The van der Waals surface area contributed by atoms with E-state index in [4.69, 9.17) is 0 Å². The Morgan fingerprint density at radius 1 is 1.18 bits per heavy atom. The highest BCUT2D eigenvalue weighted by Gasteiger charge is 2.34. The molecule has 0 aromatic heterocycles. The van der Waals surface area contributed by atoms with E-state index in [1.54, 1.807) is 24.3 Å². The van der Waals surface area contributed by atoms with Crippen molar-refractivity contribution in [1.29, 1.82) is 0 Å². The molecular weight excluding hydrogens is 280 g/mol. The van der Waals surface area contributed by atoms with Crippen molar-refractivity contribution in [2.75, 3.05) is 13.1 Å². The van der Waals surface area contributed by atoms with Gasteiger partial charge in [-0.2, -0.15) is 0 Å². The topological polar surface area (TPSA) is 57.7 Å². The third-order valence-electron chi connectivity index (χ3n) is 4.52. The Hall–Kier alpha value is -2.17. The van der Waals surface area contributed by atoms with Crippen LogP contribution in [0.1, 0.15) is 53.3 Å². The third-order valence-corrected chi connectivity index (χ3v) is 4.52. The van der Waals surface area contributed by atoms with Crippen LogP contribution in [0.5, 0.6) is 0 Å². The highest BCUT2D eigenvalue weighted by Crippen LogP contribution is 2.23. The van der Waals surface area contributed by atoms with E-state index in [0.717, 1.165) is 19.4 Å². The lowest BCUT2D eigenvalue weighted by Gasteiger charge is -2.22. The Balaban J connectivity index is 1.56. The molecular formula is C17H20N2O3. The second-order valence-corrected chi connectivity index (χ2v) is 5.99. The standard InChI is InChI=1S/C17H20N2O3/c1-12-6-4-10-18(12)15(20)9-5-11-19-16(21)13-7-2-3-8-14(13)17(19)22/h2-3,7-8,12H,4-6,9-11H2,1H3. The smallest absolute Gasteiger partial charge is 0.261 e. The summed E-state index contributed by atoms with van der Waals surface area (Å²) in [5.74, 6) is -0.369. The molecule has 0 radical (unpaired) electrons. The maximum absolute atomic E-state index is 12.2. The number of likely N-dealkylation sites (tertiary alicyclic amines) is 1. The van der Waals surface area contributed by atoms with E-state index in [-0.39, 0.29) is 17.7 Å². The quantitative estimate of drug-likeness (QED) is 0.800. The van der Waals surface area contributed by atoms with E-state index >= 15 is 0 Å². The van der Waals surface area contributed by atoms with E-state index in [1.807, 2.05) is 4.90 Å². The molecule has 22 heavy (non-hydrogen) atoms. The summed E-state index contributed by atoms with van der Waals surface area (Å²) in [6.07, 6.45) is 3.03. The van der Waals surface area contributed by atoms with Crippen LogP contribution in [0.3, 0.4) is 0 Å². The minimum absolute atomic E-state index is 0.126. The molecule has 116 valence electrons. The number of rotatable bonds is 4. The Kier molecular flexibility index (Phi) is 3.96. The number of imide groups is 1. The summed E-state index contributed by atoms with van der Waals surface area (Å²) in [7, 11) is 0. The summed E-state index contributed by atoms with van der Waals surface area (Å²) in [6.45, 7) is 3.20. The highest BCUT2D eigenvalue weighted by atomic mass is 16.2. The van der Waals surface area contributed by atoms with Crippen molar-refractivity contribution in [3.05, 3.63) is 35.4 Å². The first-order chi connectivity index (χ1) is 10.6. The monoisotopic (exact) mass is 300 g/mol. The Bertz CT molecular complexity index is 591. The van der Waals surface area contributed by atoms with Crippen LogP contribution in [0, 0.1) is 0 Å². The van der Waals surface area contributed by atoms with Crippen LogP contribution in [-0.4, -0.2) is 46.7 Å². The summed E-state index contributed by atoms with van der Waals surface area (Å²) in [5.41, 5.74) is 0.930. The number of carbonyl (C=O) groups is 3. The lowest BCUT2D eigenvalue weighted by atomic mass is 10.1. The summed E-state index contributed by atoms with van der Waals surface area (Å²) < 4.78 is 0. The van der Waals surface area contributed by atoms with Gasteiger partial charge in [0.2, 0.25) is 5.91 Å². The molecule has 1 unspecified atom stereocenters. The molecule has 2 aliphatic rings. The molecule has 1 aromatic carbocycles. The lowest BCUT2D eigenvalue weighted by molar-refractivity contribution is -0.131. The summed E-state index contributed by atoms with van der Waals surface area (Å²) in [4.78, 5) is 39.7. The number of carbonyl (C=O) groups excluding carboxylic acids is 3. The molecule has 0 N–H and O–H groups in total. The molecule has 3 rings (SSSR count). The van der Waals surface area contributed by atoms with E-state index in [2.05, 4.69) is 6.92 Å². The molecule has 2 heterocycles. The largest absolute Gasteiger partial charge is 0.340 e. The molecule has 1 saturated heterocycles. The van der Waals surface area contributed by atoms with Crippen molar-refractivity contribution in [1.82, 2.24) is 9.80 Å². The zero-order valence-electron chi connectivity index (χ0n) is 12.7. The fraction of sp³-hybridized carbons (Fsp3) is 0.471. The van der Waals surface area contributed by atoms with Gasteiger partial charge in [-0.3, -0.25) is 19.3 Å². The molecule has 1 fully saturated rings. The maximum Gasteiger partial charge on any atom is 0.261 e. The second-order valence-electron chi connectivity index (χ2n) is 5.99. The molecule has 1 aromatic rings. The van der Waals surface area contributed by atoms with Crippen LogP contribution >= 0.6 is 0 Å². The van der Waals surface area contributed by atoms with Gasteiger partial charge in [-0.1, -0.05) is 12.1 Å². The van der Waals surface area contributed by atoms with Crippen molar-refractivity contribution in [2.24, 2.45) is 0 Å². The van der Waals surface area contributed by atoms with Crippen molar-refractivity contribution in [3.8, 4) is 0 Å². The first kappa shape index (κ1) is 14.8. The number of benzene rings is 1. The number of hydrogen-bond acceptors (Lipinski definition) is 3. The fourth-order valence-electron chi connectivity index (χ4n) is 3.28. The van der Waals surface area contributed by atoms with Gasteiger partial charge in [0.05, 0.1) is 11.1 Å². The van der Waals surface area contributed by atoms with Gasteiger partial charge in [-0.25, -0.2) is 0 Å². The molecule has 0 saturated carbocycles. The summed E-state index contributed by atoms with van der Waals surface area (Å²) in [6, 6.07) is 7.17. The molecule has 5 heteroatoms. The number of nitrogens with zero attached hydrogens (tertiary/aromatic N) is 2. The minimum Gasteiger partial charge on any atom is -0.340 e. The predicted octanol–water partition coefficient (Wildman–Crippen LogP) is 2.07. The fourth-order valence-corrected chi connectivity index (χ4v) is 3.28. The molecule has 2 aliphatic heterocycles. The van der Waals surface area contributed by atoms with Gasteiger partial charge in [0.15, 0.2) is 0 Å². The van der Waals surface area contributed by atoms with Crippen molar-refractivity contribution >= 4 is 17.7 Å². The van der Waals surface area contributed by atoms with Crippen LogP contribution < -0.4 is 0 Å². The zero-order valence-corrected chi connectivity index (χ0v) is 12.7. The zero-order chi connectivity index (χ0) is 15.7. The third kappa shape index (κ3) is 2.51. The van der Waals surface area contributed by atoms with Crippen LogP contribution in [0.4, 0.5) is 0 Å². The predicted molar refractivity (Wildman–Crippen MR) is 81.5 cm³/mol. The van der Waals surface area contributed by atoms with Crippen molar-refractivity contribution in [3.63, 3.8) is 0 Å². The number of hydrogen-bond donors (Lipinski definition) is 0. The molecule has 1 atom stereocenters. The van der Waals surface area contributed by atoms with Crippen molar-refractivity contribution in [2.45, 2.75) is 38.6 Å². The van der Waals surface area contributed by atoms with E-state index in [0.29, 0.717) is 36.6 Å². The van der Waals surface area contributed by atoms with Gasteiger partial charge >= 0.3 is 0 Å². The summed E-state index contributed by atoms with van der Waals surface area (Å²) >= 11 is 0. The normalized spacial score (nSPS) is 20.7. The van der Waals surface area contributed by atoms with Gasteiger partial charge in [0.25, 0.3) is 11.8 Å². The van der Waals surface area contributed by atoms with Gasteiger partial charge in [0, 0.05) is 25.6 Å². The van der Waals surface area contributed by atoms with Crippen LogP contribution in [0.2, 0.25) is 0 Å². The first-order valence-corrected chi connectivity index (χ1v) is 7.84. The van der Waals surface area contributed by atoms with Gasteiger partial charge < -0.3 is 4.90 Å². The van der Waals surface area contributed by atoms with Crippen LogP contribution in [0.25, 0.3) is 0 Å². The molecule has 0 bridgehead atoms. The average Bonchev–Trinajstić information content (AvgIpc) is 3.05. The number of amides is 3. The first-order valence-electron chi connectivity index (χ1n) is 7.84. The average molecular weight is 300 g/mol. The van der Waals surface area contributed by atoms with E-state index < -0.39 is 0 Å². The molecule has 5 nitrogen and oxygen atoms in total. The van der Waals surface area contributed by atoms with Crippen LogP contribution in [-0.2, 0) is 4.79 Å². The molecule has 0 spiro atoms. The highest BCUT2D eigenvalue weighted by molar-refractivity contribution is 6.21. The minimum atomic E-state index is -0.248. The summed E-state index contributed by atoms with van der Waals surface area (Å²) in [5, 5.41) is 0. The van der Waals surface area contributed by atoms with E-state index in [9.17, 15) is 14.4 Å². The second kappa shape index (κ2) is 5.91. The molecule has 3 amide bonds. The van der Waals surface area contributed by atoms with Gasteiger partial charge in [-0.15, -0.1) is 0 Å².